The molecule has 3 nitrogen and oxygen atoms in total. The molecule has 0 fully saturated rings. The number of hydrogen-bond donors (Lipinski definition) is 0. The molecule has 0 saturated carbocycles. The molecule has 19 heavy (non-hydrogen) atoms. The largest absolute Gasteiger partial charge is 0.416 e. The molecule has 1 aromatic heterocycles. The molecule has 0 bridgehead atoms. The van der Waals surface area contributed by atoms with E-state index in [9.17, 15) is 13.2 Å². The van der Waals surface area contributed by atoms with Gasteiger partial charge in [0.15, 0.2) is 5.82 Å². The summed E-state index contributed by atoms with van der Waals surface area (Å²) in [6, 6.07) is 4.74. The summed E-state index contributed by atoms with van der Waals surface area (Å²) in [5.41, 5.74) is -0.414. The maximum atomic E-state index is 12.6. The van der Waals surface area contributed by atoms with Gasteiger partial charge in [-0.25, -0.2) is 0 Å². The fourth-order valence-electron chi connectivity index (χ4n) is 1.53. The lowest BCUT2D eigenvalue weighted by Crippen LogP contribution is -2.07. The number of rotatable bonds is 3. The van der Waals surface area contributed by atoms with Gasteiger partial charge in [0.2, 0.25) is 0 Å². The van der Waals surface area contributed by atoms with Crippen LogP contribution in [0.25, 0.3) is 0 Å². The van der Waals surface area contributed by atoms with Crippen molar-refractivity contribution in [3.8, 4) is 0 Å². The van der Waals surface area contributed by atoms with Crippen molar-refractivity contribution in [1.29, 1.82) is 0 Å². The molecule has 0 aliphatic rings. The van der Waals surface area contributed by atoms with Crippen molar-refractivity contribution in [3.05, 3.63) is 46.6 Å². The highest BCUT2D eigenvalue weighted by Gasteiger charge is 2.30. The van der Waals surface area contributed by atoms with E-state index in [-0.39, 0.29) is 11.6 Å². The Morgan fingerprint density at radius 1 is 1.32 bits per heavy atom. The molecule has 8 heteroatoms. The van der Waals surface area contributed by atoms with Crippen LogP contribution in [0.1, 0.15) is 11.1 Å². The molecular formula is C11H7ClF3N3S. The van der Waals surface area contributed by atoms with E-state index in [2.05, 4.69) is 21.9 Å². The molecule has 0 radical (unpaired) electrons. The summed E-state index contributed by atoms with van der Waals surface area (Å²) in [4.78, 5) is 0. The van der Waals surface area contributed by atoms with Crippen LogP contribution in [0.4, 0.5) is 19.0 Å². The number of hydrogen-bond acceptors (Lipinski definition) is 3. The average Bonchev–Trinajstić information content (AvgIpc) is 2.78. The van der Waals surface area contributed by atoms with Gasteiger partial charge < -0.3 is 0 Å². The summed E-state index contributed by atoms with van der Waals surface area (Å²) in [5, 5.41) is 4.21. The Morgan fingerprint density at radius 3 is 2.63 bits per heavy atom. The van der Waals surface area contributed by atoms with Crippen LogP contribution in [0, 0.1) is 0 Å². The molecular weight excluding hydrogens is 299 g/mol. The first-order valence-corrected chi connectivity index (χ1v) is 5.87. The summed E-state index contributed by atoms with van der Waals surface area (Å²) in [5.74, 6) is 0.332. The van der Waals surface area contributed by atoms with Gasteiger partial charge >= 0.3 is 6.18 Å². The predicted molar refractivity (Wildman–Crippen MR) is 67.2 cm³/mol. The third-order valence-electron chi connectivity index (χ3n) is 2.43. The SMILES string of the molecule is FC(F)(F)c1ccc(Cl)c(Cn2ccc(N=S)n2)c1. The molecule has 0 amide bonds. The van der Waals surface area contributed by atoms with Crippen molar-refractivity contribution in [2.24, 2.45) is 4.36 Å². The minimum Gasteiger partial charge on any atom is -0.266 e. The quantitative estimate of drug-likeness (QED) is 0.859. The standard InChI is InChI=1S/C11H7ClF3N3S/c12-9-2-1-8(11(13,14)15)5-7(9)6-18-4-3-10(16-18)17-19/h1-5H,6H2. The summed E-state index contributed by atoms with van der Waals surface area (Å²) >= 11 is 10.4. The zero-order valence-corrected chi connectivity index (χ0v) is 10.9. The topological polar surface area (TPSA) is 30.2 Å². The van der Waals surface area contributed by atoms with Crippen LogP contribution in [0.3, 0.4) is 0 Å². The van der Waals surface area contributed by atoms with E-state index in [0.717, 1.165) is 12.1 Å². The smallest absolute Gasteiger partial charge is 0.266 e. The van der Waals surface area contributed by atoms with Crippen LogP contribution in [-0.2, 0) is 25.1 Å². The highest BCUT2D eigenvalue weighted by atomic mass is 35.5. The van der Waals surface area contributed by atoms with Gasteiger partial charge in [0.1, 0.15) is 0 Å². The maximum Gasteiger partial charge on any atom is 0.416 e. The second-order valence-corrected chi connectivity index (χ2v) is 4.36. The van der Waals surface area contributed by atoms with E-state index in [1.165, 1.54) is 10.7 Å². The van der Waals surface area contributed by atoms with Crippen LogP contribution in [0.15, 0.2) is 34.8 Å². The lowest BCUT2D eigenvalue weighted by molar-refractivity contribution is -0.137. The Kier molecular flexibility index (Phi) is 3.86. The van der Waals surface area contributed by atoms with Crippen molar-refractivity contribution < 1.29 is 13.2 Å². The Balaban J connectivity index is 2.31. The van der Waals surface area contributed by atoms with Crippen LogP contribution >= 0.6 is 11.6 Å². The zero-order valence-electron chi connectivity index (χ0n) is 9.36. The summed E-state index contributed by atoms with van der Waals surface area (Å²) < 4.78 is 42.7. The zero-order chi connectivity index (χ0) is 14.0. The minimum atomic E-state index is -4.40. The van der Waals surface area contributed by atoms with Crippen LogP contribution < -0.4 is 0 Å². The monoisotopic (exact) mass is 305 g/mol. The van der Waals surface area contributed by atoms with Crippen molar-refractivity contribution in [2.75, 3.05) is 0 Å². The molecule has 0 aliphatic carbocycles. The first-order chi connectivity index (χ1) is 8.90. The molecule has 0 N–H and O–H groups in total. The molecule has 1 heterocycles. The number of aromatic nitrogens is 2. The first-order valence-electron chi connectivity index (χ1n) is 5.12. The molecule has 0 spiro atoms. The van der Waals surface area contributed by atoms with Gasteiger partial charge in [0.05, 0.1) is 12.1 Å². The summed E-state index contributed by atoms with van der Waals surface area (Å²) in [6.45, 7) is 0.119. The molecule has 1 aromatic carbocycles. The van der Waals surface area contributed by atoms with Gasteiger partial charge in [-0.2, -0.15) is 22.6 Å². The van der Waals surface area contributed by atoms with Crippen molar-refractivity contribution in [3.63, 3.8) is 0 Å². The van der Waals surface area contributed by atoms with Gasteiger partial charge in [0, 0.05) is 29.7 Å². The molecule has 100 valence electrons. The Morgan fingerprint density at radius 2 is 2.05 bits per heavy atom. The highest BCUT2D eigenvalue weighted by Crippen LogP contribution is 2.32. The number of alkyl halides is 3. The van der Waals surface area contributed by atoms with E-state index in [1.807, 2.05) is 0 Å². The van der Waals surface area contributed by atoms with Gasteiger partial charge in [-0.3, -0.25) is 4.68 Å². The minimum absolute atomic E-state index is 0.119. The Labute approximate surface area is 117 Å². The van der Waals surface area contributed by atoms with Crippen LogP contribution in [0.2, 0.25) is 5.02 Å². The normalized spacial score (nSPS) is 11.6. The van der Waals surface area contributed by atoms with Crippen LogP contribution in [0.5, 0.6) is 0 Å². The molecule has 0 saturated heterocycles. The van der Waals surface area contributed by atoms with Crippen LogP contribution in [-0.4, -0.2) is 9.78 Å². The molecule has 0 unspecified atom stereocenters. The number of benzene rings is 1. The van der Waals surface area contributed by atoms with Gasteiger partial charge in [0.25, 0.3) is 0 Å². The summed E-state index contributed by atoms with van der Waals surface area (Å²) in [7, 11) is 0. The first kappa shape index (κ1) is 14.0. The number of nitrogens with zero attached hydrogens (tertiary/aromatic N) is 3. The van der Waals surface area contributed by atoms with E-state index in [0.29, 0.717) is 11.4 Å². The fourth-order valence-corrected chi connectivity index (χ4v) is 1.81. The van der Waals surface area contributed by atoms with E-state index >= 15 is 0 Å². The number of halogens is 4. The van der Waals surface area contributed by atoms with Crippen molar-refractivity contribution in [2.45, 2.75) is 12.7 Å². The molecule has 0 atom stereocenters. The third-order valence-corrected chi connectivity index (χ3v) is 2.98. The lowest BCUT2D eigenvalue weighted by Gasteiger charge is -2.10. The van der Waals surface area contributed by atoms with Gasteiger partial charge in [-0.05, 0) is 23.8 Å². The third kappa shape index (κ3) is 3.30. The Hall–Kier alpha value is -1.47. The Bertz CT molecular complexity index is 609. The summed E-state index contributed by atoms with van der Waals surface area (Å²) in [6.07, 6.45) is -2.83. The molecule has 0 aliphatic heterocycles. The van der Waals surface area contributed by atoms with Crippen molar-refractivity contribution >= 4 is 29.8 Å². The average molecular weight is 306 g/mol. The van der Waals surface area contributed by atoms with E-state index in [4.69, 9.17) is 11.6 Å². The van der Waals surface area contributed by atoms with E-state index < -0.39 is 11.7 Å². The highest BCUT2D eigenvalue weighted by molar-refractivity contribution is 7.47. The maximum absolute atomic E-state index is 12.6. The lowest BCUT2D eigenvalue weighted by atomic mass is 10.1. The second-order valence-electron chi connectivity index (χ2n) is 3.77. The second kappa shape index (κ2) is 5.26. The van der Waals surface area contributed by atoms with E-state index in [1.54, 1.807) is 12.3 Å². The molecule has 2 rings (SSSR count). The predicted octanol–water partition coefficient (Wildman–Crippen LogP) is 3.97. The molecule has 2 aromatic rings. The fraction of sp³-hybridized carbons (Fsp3) is 0.182. The van der Waals surface area contributed by atoms with Gasteiger partial charge in [-0.15, -0.1) is 0 Å². The van der Waals surface area contributed by atoms with Crippen molar-refractivity contribution in [1.82, 2.24) is 9.78 Å². The van der Waals surface area contributed by atoms with Gasteiger partial charge in [-0.1, -0.05) is 11.6 Å².